The number of nitrogens with one attached hydrogen (secondary N) is 1. The minimum atomic E-state index is -0.399. The van der Waals surface area contributed by atoms with Crippen LogP contribution < -0.4 is 5.32 Å². The first-order chi connectivity index (χ1) is 14.1. The van der Waals surface area contributed by atoms with E-state index < -0.39 is 5.97 Å². The molecule has 0 fully saturated rings. The SMILES string of the molecule is CCOC(=O)c1cccc(NC(=O)/C(=C/c2ccccc2)c2ccccc2)c1C. The highest BCUT2D eigenvalue weighted by Crippen LogP contribution is 2.24. The number of carbonyl (C=O) groups is 2. The Hall–Kier alpha value is -3.66. The van der Waals surface area contributed by atoms with Crippen molar-refractivity contribution in [1.29, 1.82) is 0 Å². The number of ether oxygens (including phenoxy) is 1. The van der Waals surface area contributed by atoms with Gasteiger partial charge in [0.2, 0.25) is 0 Å². The second-order valence-corrected chi connectivity index (χ2v) is 6.49. The van der Waals surface area contributed by atoms with Crippen molar-refractivity contribution in [2.24, 2.45) is 0 Å². The van der Waals surface area contributed by atoms with Gasteiger partial charge in [-0.25, -0.2) is 4.79 Å². The Morgan fingerprint density at radius 1 is 0.897 bits per heavy atom. The molecule has 0 saturated heterocycles. The minimum Gasteiger partial charge on any atom is -0.462 e. The molecule has 3 rings (SSSR count). The lowest BCUT2D eigenvalue weighted by molar-refractivity contribution is -0.111. The van der Waals surface area contributed by atoms with Crippen LogP contribution in [0.5, 0.6) is 0 Å². The molecule has 0 unspecified atom stereocenters. The van der Waals surface area contributed by atoms with Gasteiger partial charge in [0.25, 0.3) is 5.91 Å². The first kappa shape index (κ1) is 20.1. The van der Waals surface area contributed by atoms with Crippen molar-refractivity contribution in [3.8, 4) is 0 Å². The van der Waals surface area contributed by atoms with Gasteiger partial charge >= 0.3 is 5.97 Å². The third-order valence-corrected chi connectivity index (χ3v) is 4.52. The molecule has 0 aliphatic carbocycles. The number of amides is 1. The smallest absolute Gasteiger partial charge is 0.338 e. The van der Waals surface area contributed by atoms with E-state index in [2.05, 4.69) is 5.32 Å². The molecule has 0 aliphatic heterocycles. The molecular weight excluding hydrogens is 362 g/mol. The molecule has 29 heavy (non-hydrogen) atoms. The first-order valence-corrected chi connectivity index (χ1v) is 9.50. The van der Waals surface area contributed by atoms with Crippen LogP contribution in [0.15, 0.2) is 78.9 Å². The molecule has 0 radical (unpaired) electrons. The molecule has 4 heteroatoms. The monoisotopic (exact) mass is 385 g/mol. The molecule has 0 saturated carbocycles. The van der Waals surface area contributed by atoms with E-state index in [1.165, 1.54) is 0 Å². The maximum Gasteiger partial charge on any atom is 0.338 e. The van der Waals surface area contributed by atoms with Crippen LogP contribution in [0.1, 0.15) is 34.0 Å². The quantitative estimate of drug-likeness (QED) is 0.353. The second-order valence-electron chi connectivity index (χ2n) is 6.49. The summed E-state index contributed by atoms with van der Waals surface area (Å²) < 4.78 is 5.10. The van der Waals surface area contributed by atoms with Crippen molar-refractivity contribution >= 4 is 29.2 Å². The number of esters is 1. The van der Waals surface area contributed by atoms with E-state index >= 15 is 0 Å². The molecule has 3 aromatic carbocycles. The fourth-order valence-corrected chi connectivity index (χ4v) is 3.00. The lowest BCUT2D eigenvalue weighted by Gasteiger charge is -2.14. The van der Waals surface area contributed by atoms with Crippen LogP contribution in [0.25, 0.3) is 11.6 Å². The summed E-state index contributed by atoms with van der Waals surface area (Å²) in [6.07, 6.45) is 1.86. The van der Waals surface area contributed by atoms with Crippen LogP contribution in [0, 0.1) is 6.92 Å². The summed E-state index contributed by atoms with van der Waals surface area (Å²) in [5.41, 5.74) is 3.98. The minimum absolute atomic E-state index is 0.246. The number of anilines is 1. The van der Waals surface area contributed by atoms with Gasteiger partial charge in [0.05, 0.1) is 12.2 Å². The van der Waals surface area contributed by atoms with Gasteiger partial charge in [-0.3, -0.25) is 4.79 Å². The maximum atomic E-state index is 13.2. The highest BCUT2D eigenvalue weighted by Gasteiger charge is 2.17. The van der Waals surface area contributed by atoms with Crippen LogP contribution in [0.3, 0.4) is 0 Å². The van der Waals surface area contributed by atoms with Gasteiger partial charge in [-0.2, -0.15) is 0 Å². The number of rotatable bonds is 6. The molecule has 0 spiro atoms. The molecule has 0 heterocycles. The zero-order chi connectivity index (χ0) is 20.6. The predicted octanol–water partition coefficient (Wildman–Crippen LogP) is 5.35. The molecule has 0 bridgehead atoms. The third kappa shape index (κ3) is 4.99. The average Bonchev–Trinajstić information content (AvgIpc) is 2.75. The highest BCUT2D eigenvalue weighted by atomic mass is 16.5. The molecule has 4 nitrogen and oxygen atoms in total. The van der Waals surface area contributed by atoms with E-state index in [9.17, 15) is 9.59 Å². The molecule has 0 aliphatic rings. The normalized spacial score (nSPS) is 11.0. The zero-order valence-corrected chi connectivity index (χ0v) is 16.5. The molecule has 146 valence electrons. The average molecular weight is 385 g/mol. The summed E-state index contributed by atoms with van der Waals surface area (Å²) in [4.78, 5) is 25.3. The second kappa shape index (κ2) is 9.51. The van der Waals surface area contributed by atoms with Gasteiger partial charge in [-0.05, 0) is 48.7 Å². The number of benzene rings is 3. The van der Waals surface area contributed by atoms with Crippen molar-refractivity contribution in [3.63, 3.8) is 0 Å². The van der Waals surface area contributed by atoms with Crippen molar-refractivity contribution in [2.75, 3.05) is 11.9 Å². The van der Waals surface area contributed by atoms with Crippen LogP contribution in [-0.4, -0.2) is 18.5 Å². The molecule has 1 amide bonds. The van der Waals surface area contributed by atoms with Crippen LogP contribution in [0.4, 0.5) is 5.69 Å². The van der Waals surface area contributed by atoms with E-state index in [0.717, 1.165) is 11.1 Å². The van der Waals surface area contributed by atoms with E-state index in [1.54, 1.807) is 32.0 Å². The highest BCUT2D eigenvalue weighted by molar-refractivity contribution is 6.29. The third-order valence-electron chi connectivity index (χ3n) is 4.52. The van der Waals surface area contributed by atoms with E-state index in [0.29, 0.717) is 29.0 Å². The summed E-state index contributed by atoms with van der Waals surface area (Å²) in [5.74, 6) is -0.645. The van der Waals surface area contributed by atoms with Gasteiger partial charge in [-0.1, -0.05) is 66.7 Å². The van der Waals surface area contributed by atoms with Crippen molar-refractivity contribution < 1.29 is 14.3 Å². The van der Waals surface area contributed by atoms with Gasteiger partial charge in [-0.15, -0.1) is 0 Å². The fourth-order valence-electron chi connectivity index (χ4n) is 3.00. The summed E-state index contributed by atoms with van der Waals surface area (Å²) in [7, 11) is 0. The Bertz CT molecular complexity index is 1020. The van der Waals surface area contributed by atoms with E-state index in [4.69, 9.17) is 4.74 Å². The fraction of sp³-hybridized carbons (Fsp3) is 0.120. The zero-order valence-electron chi connectivity index (χ0n) is 16.5. The van der Waals surface area contributed by atoms with Crippen molar-refractivity contribution in [1.82, 2.24) is 0 Å². The maximum absolute atomic E-state index is 13.2. The lowest BCUT2D eigenvalue weighted by atomic mass is 10.0. The summed E-state index contributed by atoms with van der Waals surface area (Å²) in [6, 6.07) is 24.4. The molecular formula is C25H23NO3. The van der Waals surface area contributed by atoms with Gasteiger partial charge < -0.3 is 10.1 Å². The first-order valence-electron chi connectivity index (χ1n) is 9.50. The standard InChI is InChI=1S/C25H23NO3/c1-3-29-25(28)21-15-10-16-23(18(21)2)26-24(27)22(20-13-8-5-9-14-20)17-19-11-6-4-7-12-19/h4-17H,3H2,1-2H3,(H,26,27)/b22-17+. The predicted molar refractivity (Wildman–Crippen MR) is 117 cm³/mol. The van der Waals surface area contributed by atoms with Gasteiger partial charge in [0.15, 0.2) is 0 Å². The largest absolute Gasteiger partial charge is 0.462 e. The van der Waals surface area contributed by atoms with Crippen LogP contribution >= 0.6 is 0 Å². The molecule has 3 aromatic rings. The van der Waals surface area contributed by atoms with E-state index in [-0.39, 0.29) is 5.91 Å². The Morgan fingerprint density at radius 3 is 2.21 bits per heavy atom. The van der Waals surface area contributed by atoms with Crippen molar-refractivity contribution in [2.45, 2.75) is 13.8 Å². The van der Waals surface area contributed by atoms with Crippen LogP contribution in [0.2, 0.25) is 0 Å². The number of carbonyl (C=O) groups excluding carboxylic acids is 2. The lowest BCUT2D eigenvalue weighted by Crippen LogP contribution is -2.16. The Labute approximate surface area is 170 Å². The molecule has 0 aromatic heterocycles. The van der Waals surface area contributed by atoms with Gasteiger partial charge in [0.1, 0.15) is 0 Å². The van der Waals surface area contributed by atoms with E-state index in [1.807, 2.05) is 66.7 Å². The number of hydrogen-bond donors (Lipinski definition) is 1. The summed E-state index contributed by atoms with van der Waals surface area (Å²) in [5, 5.41) is 2.95. The van der Waals surface area contributed by atoms with Gasteiger partial charge in [0, 0.05) is 11.3 Å². The molecule has 0 atom stereocenters. The Balaban J connectivity index is 1.95. The summed E-state index contributed by atoms with van der Waals surface area (Å²) in [6.45, 7) is 3.86. The topological polar surface area (TPSA) is 55.4 Å². The molecule has 1 N–H and O–H groups in total. The Kier molecular flexibility index (Phi) is 6.59. The summed E-state index contributed by atoms with van der Waals surface area (Å²) >= 11 is 0. The van der Waals surface area contributed by atoms with Crippen LogP contribution in [-0.2, 0) is 9.53 Å². The Morgan fingerprint density at radius 2 is 1.55 bits per heavy atom. The number of hydrogen-bond acceptors (Lipinski definition) is 3. The van der Waals surface area contributed by atoms with Crippen molar-refractivity contribution in [3.05, 3.63) is 101 Å².